The number of nitriles is 1. The lowest BCUT2D eigenvalue weighted by Gasteiger charge is -2.33. The quantitative estimate of drug-likeness (QED) is 0.878. The highest BCUT2D eigenvalue weighted by atomic mass is 15.2. The van der Waals surface area contributed by atoms with Crippen molar-refractivity contribution >= 4 is 16.9 Å². The van der Waals surface area contributed by atoms with Crippen LogP contribution >= 0.6 is 0 Å². The van der Waals surface area contributed by atoms with E-state index in [0.29, 0.717) is 18.5 Å². The molecule has 2 aromatic rings. The normalized spacial score (nSPS) is 27.7. The number of hydrogen-bond acceptors (Lipinski definition) is 5. The molecule has 1 N–H and O–H groups in total. The van der Waals surface area contributed by atoms with Gasteiger partial charge < -0.3 is 9.88 Å². The highest BCUT2D eigenvalue weighted by Crippen LogP contribution is 2.41. The summed E-state index contributed by atoms with van der Waals surface area (Å²) < 4.78 is 0. The molecule has 6 nitrogen and oxygen atoms in total. The number of anilines is 1. The molecule has 0 spiro atoms. The number of fused-ring (bicyclic) bond motifs is 2. The Balaban J connectivity index is 1.51. The number of likely N-dealkylation sites (tertiary alicyclic amines) is 1. The molecular formula is C17H22N6. The van der Waals surface area contributed by atoms with Crippen molar-refractivity contribution in [1.82, 2.24) is 19.9 Å². The van der Waals surface area contributed by atoms with Gasteiger partial charge in [0.15, 0.2) is 0 Å². The van der Waals surface area contributed by atoms with Crippen molar-refractivity contribution in [3.05, 3.63) is 18.6 Å². The van der Waals surface area contributed by atoms with Gasteiger partial charge in [-0.15, -0.1) is 0 Å². The summed E-state index contributed by atoms with van der Waals surface area (Å²) in [4.78, 5) is 16.6. The number of nitrogens with zero attached hydrogens (tertiary/aromatic N) is 5. The topological polar surface area (TPSA) is 71.8 Å². The first-order valence-corrected chi connectivity index (χ1v) is 8.36. The number of aromatic amines is 1. The van der Waals surface area contributed by atoms with Crippen molar-refractivity contribution < 1.29 is 0 Å². The largest absolute Gasteiger partial charge is 0.356 e. The molecule has 2 fully saturated rings. The van der Waals surface area contributed by atoms with E-state index in [-0.39, 0.29) is 0 Å². The number of H-pyrrole nitrogens is 1. The minimum atomic E-state index is 0.528. The Labute approximate surface area is 136 Å². The SMILES string of the molecule is CN(c1ncnc2[nH]ccc12)[C@H]1CC2CCN(CC#N)CC2C1. The molecule has 0 bridgehead atoms. The third kappa shape index (κ3) is 2.55. The van der Waals surface area contributed by atoms with Crippen LogP contribution in [-0.2, 0) is 0 Å². The first-order valence-electron chi connectivity index (χ1n) is 8.36. The zero-order chi connectivity index (χ0) is 15.8. The first kappa shape index (κ1) is 14.5. The van der Waals surface area contributed by atoms with E-state index in [9.17, 15) is 0 Å². The Bertz CT molecular complexity index is 732. The molecule has 1 saturated heterocycles. The van der Waals surface area contributed by atoms with E-state index in [1.807, 2.05) is 6.20 Å². The average Bonchev–Trinajstić information content (AvgIpc) is 3.20. The van der Waals surface area contributed by atoms with Crippen LogP contribution in [0.5, 0.6) is 0 Å². The van der Waals surface area contributed by atoms with Crippen molar-refractivity contribution in [2.45, 2.75) is 25.3 Å². The van der Waals surface area contributed by atoms with Crippen molar-refractivity contribution in [2.24, 2.45) is 11.8 Å². The van der Waals surface area contributed by atoms with Gasteiger partial charge in [-0.3, -0.25) is 4.90 Å². The maximum Gasteiger partial charge on any atom is 0.142 e. The van der Waals surface area contributed by atoms with Gasteiger partial charge in [-0.1, -0.05) is 0 Å². The van der Waals surface area contributed by atoms with Crippen LogP contribution in [0.15, 0.2) is 18.6 Å². The number of hydrogen-bond donors (Lipinski definition) is 1. The lowest BCUT2D eigenvalue weighted by atomic mass is 9.89. The van der Waals surface area contributed by atoms with E-state index in [0.717, 1.165) is 35.9 Å². The van der Waals surface area contributed by atoms with Crippen LogP contribution in [0.3, 0.4) is 0 Å². The van der Waals surface area contributed by atoms with E-state index < -0.39 is 0 Å². The molecule has 120 valence electrons. The van der Waals surface area contributed by atoms with Crippen LogP contribution in [0.1, 0.15) is 19.3 Å². The van der Waals surface area contributed by atoms with Gasteiger partial charge in [0.25, 0.3) is 0 Å². The monoisotopic (exact) mass is 310 g/mol. The molecule has 1 aliphatic heterocycles. The van der Waals surface area contributed by atoms with Gasteiger partial charge in [-0.25, -0.2) is 9.97 Å². The minimum absolute atomic E-state index is 0.528. The second-order valence-corrected chi connectivity index (χ2v) is 6.88. The second kappa shape index (κ2) is 5.82. The molecule has 6 heteroatoms. The molecule has 0 aromatic carbocycles. The fourth-order valence-electron chi connectivity index (χ4n) is 4.40. The summed E-state index contributed by atoms with van der Waals surface area (Å²) in [5.41, 5.74) is 0.900. The fraction of sp³-hybridized carbons (Fsp3) is 0.588. The Morgan fingerprint density at radius 2 is 2.26 bits per heavy atom. The minimum Gasteiger partial charge on any atom is -0.356 e. The van der Waals surface area contributed by atoms with Crippen molar-refractivity contribution in [3.8, 4) is 6.07 Å². The molecule has 1 saturated carbocycles. The summed E-state index contributed by atoms with van der Waals surface area (Å²) in [7, 11) is 2.16. The van der Waals surface area contributed by atoms with Crippen LogP contribution in [-0.4, -0.2) is 52.6 Å². The zero-order valence-corrected chi connectivity index (χ0v) is 13.4. The maximum atomic E-state index is 8.91. The van der Waals surface area contributed by atoms with Gasteiger partial charge in [0.2, 0.25) is 0 Å². The van der Waals surface area contributed by atoms with Gasteiger partial charge >= 0.3 is 0 Å². The summed E-state index contributed by atoms with van der Waals surface area (Å²) in [6, 6.07) is 4.87. The third-order valence-electron chi connectivity index (χ3n) is 5.63. The number of rotatable bonds is 3. The zero-order valence-electron chi connectivity index (χ0n) is 13.4. The summed E-state index contributed by atoms with van der Waals surface area (Å²) in [6.07, 6.45) is 7.21. The molecule has 23 heavy (non-hydrogen) atoms. The molecule has 3 atom stereocenters. The number of aromatic nitrogens is 3. The van der Waals surface area contributed by atoms with Crippen LogP contribution in [0, 0.1) is 23.2 Å². The van der Waals surface area contributed by atoms with Crippen molar-refractivity contribution in [1.29, 1.82) is 5.26 Å². The lowest BCUT2D eigenvalue weighted by molar-refractivity contribution is 0.153. The maximum absolute atomic E-state index is 8.91. The number of piperidine rings is 1. The summed E-state index contributed by atoms with van der Waals surface area (Å²) >= 11 is 0. The Kier molecular flexibility index (Phi) is 3.66. The molecule has 4 rings (SSSR count). The highest BCUT2D eigenvalue weighted by Gasteiger charge is 2.39. The molecule has 2 aliphatic rings. The van der Waals surface area contributed by atoms with Gasteiger partial charge in [0, 0.05) is 25.8 Å². The standard InChI is InChI=1S/C17H22N6/c1-22(17-15-2-5-19-16(15)20-11-21-17)14-8-12-3-6-23(7-4-18)10-13(12)9-14/h2,5,11-14H,3,6-10H2,1H3,(H,19,20,21)/t12?,13?,14-/m0/s1. The van der Waals surface area contributed by atoms with Crippen molar-refractivity contribution in [2.75, 3.05) is 31.6 Å². The molecular weight excluding hydrogens is 288 g/mol. The van der Waals surface area contributed by atoms with E-state index in [1.165, 1.54) is 19.3 Å². The molecule has 0 radical (unpaired) electrons. The number of nitrogens with one attached hydrogen (secondary N) is 1. The van der Waals surface area contributed by atoms with E-state index >= 15 is 0 Å². The van der Waals surface area contributed by atoms with E-state index in [1.54, 1.807) is 6.33 Å². The van der Waals surface area contributed by atoms with Gasteiger partial charge in [-0.05, 0) is 43.7 Å². The molecule has 2 aromatic heterocycles. The van der Waals surface area contributed by atoms with Crippen LogP contribution in [0.2, 0.25) is 0 Å². The Hall–Kier alpha value is -2.13. The van der Waals surface area contributed by atoms with Gasteiger partial charge in [0.1, 0.15) is 17.8 Å². The average molecular weight is 310 g/mol. The van der Waals surface area contributed by atoms with Crippen LogP contribution in [0.25, 0.3) is 11.0 Å². The fourth-order valence-corrected chi connectivity index (χ4v) is 4.40. The summed E-state index contributed by atoms with van der Waals surface area (Å²) in [5.74, 6) is 2.53. The van der Waals surface area contributed by atoms with Crippen LogP contribution < -0.4 is 4.90 Å². The molecule has 0 amide bonds. The second-order valence-electron chi connectivity index (χ2n) is 6.88. The first-order chi connectivity index (χ1) is 11.3. The van der Waals surface area contributed by atoms with Crippen molar-refractivity contribution in [3.63, 3.8) is 0 Å². The summed E-state index contributed by atoms with van der Waals surface area (Å²) in [6.45, 7) is 2.71. The van der Waals surface area contributed by atoms with E-state index in [2.05, 4.69) is 43.9 Å². The predicted octanol–water partition coefficient (Wildman–Crippen LogP) is 2.02. The lowest BCUT2D eigenvalue weighted by Crippen LogP contribution is -2.38. The molecule has 1 aliphatic carbocycles. The Morgan fingerprint density at radius 1 is 1.39 bits per heavy atom. The molecule has 2 unspecified atom stereocenters. The Morgan fingerprint density at radius 3 is 3.13 bits per heavy atom. The van der Waals surface area contributed by atoms with Gasteiger partial charge in [0.05, 0.1) is 18.0 Å². The predicted molar refractivity (Wildman–Crippen MR) is 89.0 cm³/mol. The van der Waals surface area contributed by atoms with Crippen LogP contribution in [0.4, 0.5) is 5.82 Å². The van der Waals surface area contributed by atoms with Gasteiger partial charge in [-0.2, -0.15) is 5.26 Å². The highest BCUT2D eigenvalue weighted by molar-refractivity contribution is 5.87. The van der Waals surface area contributed by atoms with E-state index in [4.69, 9.17) is 5.26 Å². The third-order valence-corrected chi connectivity index (χ3v) is 5.63. The summed E-state index contributed by atoms with van der Waals surface area (Å²) in [5, 5.41) is 10.0. The smallest absolute Gasteiger partial charge is 0.142 e. The molecule has 3 heterocycles.